The summed E-state index contributed by atoms with van der Waals surface area (Å²) in [5, 5.41) is 9.75. The van der Waals surface area contributed by atoms with Crippen LogP contribution in [0, 0.1) is 11.5 Å². The molecule has 0 rings (SSSR count). The number of amides is 3. The van der Waals surface area contributed by atoms with Crippen LogP contribution in [0.3, 0.4) is 0 Å². The van der Waals surface area contributed by atoms with Gasteiger partial charge in [-0.3, -0.25) is 9.69 Å². The molecule has 0 aliphatic heterocycles. The number of carbonyl (C=O) groups is 2. The smallest absolute Gasteiger partial charge is 0.275 e. The van der Waals surface area contributed by atoms with E-state index in [1.165, 1.54) is 20.2 Å². The van der Waals surface area contributed by atoms with Gasteiger partial charge in [0.25, 0.3) is 0 Å². The number of rotatable bonds is 0. The minimum absolute atomic E-state index is 0.409. The summed E-state index contributed by atoms with van der Waals surface area (Å²) >= 11 is 0. The fraction of sp³-hybridized carbons (Fsp3) is 0.400. The summed E-state index contributed by atoms with van der Waals surface area (Å²) < 4.78 is 0. The van der Waals surface area contributed by atoms with Gasteiger partial charge < -0.3 is 0 Å². The molecule has 54 valence electrons. The monoisotopic (exact) mass is 141 g/mol. The number of carbonyl (C=O) groups excluding carboxylic acids is 2. The molecule has 0 saturated carbocycles. The van der Waals surface area contributed by atoms with Gasteiger partial charge in [0.15, 0.2) is 6.19 Å². The van der Waals surface area contributed by atoms with E-state index in [1.807, 2.05) is 0 Å². The van der Waals surface area contributed by atoms with Gasteiger partial charge in [-0.2, -0.15) is 5.26 Å². The summed E-state index contributed by atoms with van der Waals surface area (Å²) in [6.07, 6.45) is 1.41. The second-order valence-corrected chi connectivity index (χ2v) is 1.62. The largest absolute Gasteiger partial charge is 0.336 e. The van der Waals surface area contributed by atoms with Gasteiger partial charge >= 0.3 is 6.03 Å². The third-order valence-corrected chi connectivity index (χ3v) is 0.940. The van der Waals surface area contributed by atoms with Crippen molar-refractivity contribution in [3.63, 3.8) is 0 Å². The zero-order chi connectivity index (χ0) is 8.15. The van der Waals surface area contributed by atoms with Crippen LogP contribution < -0.4 is 5.32 Å². The van der Waals surface area contributed by atoms with E-state index in [1.54, 1.807) is 5.32 Å². The van der Waals surface area contributed by atoms with Crippen molar-refractivity contribution in [3.05, 3.63) is 0 Å². The first kappa shape index (κ1) is 8.43. The van der Waals surface area contributed by atoms with Crippen LogP contribution in [0.5, 0.6) is 0 Å². The molecule has 0 aromatic heterocycles. The second-order valence-electron chi connectivity index (χ2n) is 1.62. The molecule has 3 amide bonds. The minimum Gasteiger partial charge on any atom is -0.275 e. The van der Waals surface area contributed by atoms with Gasteiger partial charge in [-0.25, -0.2) is 10.1 Å². The molecule has 0 unspecified atom stereocenters. The Kier molecular flexibility index (Phi) is 2.91. The summed E-state index contributed by atoms with van der Waals surface area (Å²) in [5.41, 5.74) is 0. The van der Waals surface area contributed by atoms with Crippen LogP contribution in [0.2, 0.25) is 0 Å². The molecule has 0 spiro atoms. The molecule has 10 heavy (non-hydrogen) atoms. The van der Waals surface area contributed by atoms with Crippen LogP contribution in [0.1, 0.15) is 6.92 Å². The number of nitrogens with one attached hydrogen (secondary N) is 1. The number of hydrogen-bond donors (Lipinski definition) is 1. The molecule has 0 heterocycles. The molecule has 5 nitrogen and oxygen atoms in total. The van der Waals surface area contributed by atoms with Crippen LogP contribution in [0.25, 0.3) is 0 Å². The highest BCUT2D eigenvalue weighted by Crippen LogP contribution is 1.82. The van der Waals surface area contributed by atoms with Crippen molar-refractivity contribution in [2.24, 2.45) is 0 Å². The highest BCUT2D eigenvalue weighted by Gasteiger charge is 2.10. The molecule has 0 bridgehead atoms. The third-order valence-electron chi connectivity index (χ3n) is 0.940. The lowest BCUT2D eigenvalue weighted by Gasteiger charge is -2.09. The SMILES string of the molecule is CC(=O)N(C)C(=O)NC#N. The van der Waals surface area contributed by atoms with E-state index in [9.17, 15) is 9.59 Å². The molecule has 1 N–H and O–H groups in total. The normalized spacial score (nSPS) is 7.70. The predicted molar refractivity (Wildman–Crippen MR) is 32.6 cm³/mol. The average molecular weight is 141 g/mol. The van der Waals surface area contributed by atoms with Crippen LogP contribution in [0.15, 0.2) is 0 Å². The Labute approximate surface area is 58.2 Å². The van der Waals surface area contributed by atoms with Gasteiger partial charge in [-0.15, -0.1) is 0 Å². The standard InChI is InChI=1S/C5H7N3O2/c1-4(9)8(2)5(10)7-3-6/h1-2H3,(H,7,10). The van der Waals surface area contributed by atoms with E-state index >= 15 is 0 Å². The molecule has 0 radical (unpaired) electrons. The Bertz CT molecular complexity index is 194. The zero-order valence-corrected chi connectivity index (χ0v) is 5.71. The Hall–Kier alpha value is -1.57. The predicted octanol–water partition coefficient (Wildman–Crippen LogP) is -0.345. The Morgan fingerprint density at radius 1 is 1.60 bits per heavy atom. The highest BCUT2D eigenvalue weighted by atomic mass is 16.2. The number of urea groups is 1. The van der Waals surface area contributed by atoms with Crippen molar-refractivity contribution in [2.45, 2.75) is 6.92 Å². The molecule has 0 atom stereocenters. The van der Waals surface area contributed by atoms with Crippen molar-refractivity contribution in [1.29, 1.82) is 5.26 Å². The second kappa shape index (κ2) is 3.45. The van der Waals surface area contributed by atoms with Gasteiger partial charge in [0.1, 0.15) is 0 Å². The van der Waals surface area contributed by atoms with Crippen LogP contribution in [-0.2, 0) is 4.79 Å². The maximum absolute atomic E-state index is 10.6. The number of imide groups is 1. The van der Waals surface area contributed by atoms with Crippen molar-refractivity contribution in [1.82, 2.24) is 10.2 Å². The van der Waals surface area contributed by atoms with Crippen LogP contribution >= 0.6 is 0 Å². The Balaban J connectivity index is 3.98. The van der Waals surface area contributed by atoms with Crippen LogP contribution in [0.4, 0.5) is 4.79 Å². The van der Waals surface area contributed by atoms with Crippen LogP contribution in [-0.4, -0.2) is 23.9 Å². The van der Waals surface area contributed by atoms with E-state index in [0.29, 0.717) is 0 Å². The quantitative estimate of drug-likeness (QED) is 0.370. The Morgan fingerprint density at radius 2 is 2.10 bits per heavy atom. The average Bonchev–Trinajstić information content (AvgIpc) is 1.87. The van der Waals surface area contributed by atoms with Gasteiger partial charge in [0, 0.05) is 14.0 Å². The molecule has 0 aliphatic carbocycles. The fourth-order valence-corrected chi connectivity index (χ4v) is 0.275. The minimum atomic E-state index is -0.713. The first-order valence-electron chi connectivity index (χ1n) is 2.53. The van der Waals surface area contributed by atoms with Crippen molar-refractivity contribution < 1.29 is 9.59 Å². The molecule has 0 saturated heterocycles. The lowest BCUT2D eigenvalue weighted by Crippen LogP contribution is -2.37. The summed E-state index contributed by atoms with van der Waals surface area (Å²) in [7, 11) is 1.29. The van der Waals surface area contributed by atoms with Gasteiger partial charge in [0.2, 0.25) is 5.91 Å². The van der Waals surface area contributed by atoms with E-state index in [4.69, 9.17) is 5.26 Å². The number of nitriles is 1. The fourth-order valence-electron chi connectivity index (χ4n) is 0.275. The molecule has 0 aromatic carbocycles. The molecular formula is C5H7N3O2. The van der Waals surface area contributed by atoms with Gasteiger partial charge in [0.05, 0.1) is 0 Å². The number of nitrogens with zero attached hydrogens (tertiary/aromatic N) is 2. The summed E-state index contributed by atoms with van der Waals surface area (Å²) in [6.45, 7) is 1.23. The van der Waals surface area contributed by atoms with Gasteiger partial charge in [-0.1, -0.05) is 0 Å². The third kappa shape index (κ3) is 2.13. The highest BCUT2D eigenvalue weighted by molar-refractivity contribution is 5.93. The molecule has 0 fully saturated rings. The van der Waals surface area contributed by atoms with E-state index in [2.05, 4.69) is 0 Å². The lowest BCUT2D eigenvalue weighted by molar-refractivity contribution is -0.124. The molecule has 0 aromatic rings. The maximum atomic E-state index is 10.6. The first-order valence-corrected chi connectivity index (χ1v) is 2.53. The lowest BCUT2D eigenvalue weighted by atomic mass is 10.6. The number of hydrogen-bond acceptors (Lipinski definition) is 3. The summed E-state index contributed by atoms with van der Waals surface area (Å²) in [6, 6.07) is -0.713. The van der Waals surface area contributed by atoms with E-state index < -0.39 is 11.9 Å². The molecular weight excluding hydrogens is 134 g/mol. The van der Waals surface area contributed by atoms with Crippen molar-refractivity contribution in [3.8, 4) is 6.19 Å². The summed E-state index contributed by atoms with van der Waals surface area (Å²) in [4.78, 5) is 21.8. The van der Waals surface area contributed by atoms with Gasteiger partial charge in [-0.05, 0) is 0 Å². The van der Waals surface area contributed by atoms with E-state index in [-0.39, 0.29) is 0 Å². The van der Waals surface area contributed by atoms with Crippen molar-refractivity contribution >= 4 is 11.9 Å². The topological polar surface area (TPSA) is 73.2 Å². The van der Waals surface area contributed by atoms with Crippen molar-refractivity contribution in [2.75, 3.05) is 7.05 Å². The molecule has 0 aliphatic rings. The maximum Gasteiger partial charge on any atom is 0.336 e. The summed E-state index contributed by atoms with van der Waals surface area (Å²) in [5.74, 6) is -0.409. The van der Waals surface area contributed by atoms with E-state index in [0.717, 1.165) is 4.90 Å². The zero-order valence-electron chi connectivity index (χ0n) is 5.71. The first-order chi connectivity index (χ1) is 4.59. The molecule has 5 heteroatoms. The Morgan fingerprint density at radius 3 is 2.40 bits per heavy atom.